The first-order valence-electron chi connectivity index (χ1n) is 8.79. The van der Waals surface area contributed by atoms with Gasteiger partial charge in [-0.3, -0.25) is 4.79 Å². The number of nitrogens with zero attached hydrogens (tertiary/aromatic N) is 1. The molecule has 0 saturated carbocycles. The Bertz CT molecular complexity index is 1010. The van der Waals surface area contributed by atoms with E-state index in [-0.39, 0.29) is 12.5 Å². The molecular formula is C22H19N3O2. The average molecular weight is 357 g/mol. The van der Waals surface area contributed by atoms with Gasteiger partial charge in [-0.15, -0.1) is 0 Å². The van der Waals surface area contributed by atoms with Crippen LogP contribution in [0.25, 0.3) is 16.7 Å². The van der Waals surface area contributed by atoms with E-state index in [1.54, 1.807) is 12.4 Å². The van der Waals surface area contributed by atoms with Crippen LogP contribution in [0.3, 0.4) is 0 Å². The van der Waals surface area contributed by atoms with E-state index in [0.717, 1.165) is 27.9 Å². The largest absolute Gasteiger partial charge is 0.396 e. The highest BCUT2D eigenvalue weighted by Crippen LogP contribution is 2.33. The smallest absolute Gasteiger partial charge is 0.259 e. The molecule has 0 saturated heterocycles. The van der Waals surface area contributed by atoms with Gasteiger partial charge in [0.1, 0.15) is 5.82 Å². The first-order chi connectivity index (χ1) is 13.3. The van der Waals surface area contributed by atoms with E-state index in [0.29, 0.717) is 17.8 Å². The molecular weight excluding hydrogens is 338 g/mol. The van der Waals surface area contributed by atoms with Gasteiger partial charge in [0.05, 0.1) is 5.57 Å². The second-order valence-corrected chi connectivity index (χ2v) is 6.27. The Morgan fingerprint density at radius 3 is 2.63 bits per heavy atom. The van der Waals surface area contributed by atoms with Crippen LogP contribution in [0.4, 0.5) is 11.5 Å². The van der Waals surface area contributed by atoms with Crippen LogP contribution >= 0.6 is 0 Å². The third-order valence-electron chi connectivity index (χ3n) is 4.53. The number of anilines is 2. The molecule has 134 valence electrons. The lowest BCUT2D eigenvalue weighted by molar-refractivity contribution is -0.110. The topological polar surface area (TPSA) is 74.2 Å². The molecule has 3 aromatic rings. The van der Waals surface area contributed by atoms with Gasteiger partial charge < -0.3 is 15.7 Å². The van der Waals surface area contributed by atoms with Crippen molar-refractivity contribution in [3.63, 3.8) is 0 Å². The van der Waals surface area contributed by atoms with Crippen LogP contribution in [0.15, 0.2) is 73.1 Å². The molecule has 2 aromatic carbocycles. The van der Waals surface area contributed by atoms with Crippen LogP contribution in [-0.2, 0) is 11.2 Å². The number of carbonyl (C=O) groups excluding carboxylic acids is 1. The summed E-state index contributed by atoms with van der Waals surface area (Å²) in [6, 6.07) is 19.6. The molecule has 1 aromatic heterocycles. The van der Waals surface area contributed by atoms with Gasteiger partial charge in [0.15, 0.2) is 0 Å². The maximum Gasteiger partial charge on any atom is 0.259 e. The zero-order chi connectivity index (χ0) is 18.6. The predicted molar refractivity (Wildman–Crippen MR) is 107 cm³/mol. The fourth-order valence-corrected chi connectivity index (χ4v) is 3.15. The minimum atomic E-state index is -0.185. The van der Waals surface area contributed by atoms with Crippen LogP contribution in [0.2, 0.25) is 0 Å². The van der Waals surface area contributed by atoms with Crippen molar-refractivity contribution >= 4 is 23.0 Å². The number of aliphatic hydroxyl groups is 1. The summed E-state index contributed by atoms with van der Waals surface area (Å²) >= 11 is 0. The Balaban J connectivity index is 1.68. The molecule has 1 aliphatic heterocycles. The number of para-hydroxylation sites is 1. The molecule has 5 heteroatoms. The number of fused-ring (bicyclic) bond motifs is 1. The third-order valence-corrected chi connectivity index (χ3v) is 4.53. The molecule has 0 fully saturated rings. The van der Waals surface area contributed by atoms with Crippen molar-refractivity contribution in [2.45, 2.75) is 6.42 Å². The molecule has 0 aliphatic carbocycles. The highest BCUT2D eigenvalue weighted by Gasteiger charge is 2.26. The number of rotatable bonds is 5. The Labute approximate surface area is 157 Å². The van der Waals surface area contributed by atoms with Gasteiger partial charge in [0, 0.05) is 35.8 Å². The highest BCUT2D eigenvalue weighted by molar-refractivity contribution is 6.31. The lowest BCUT2D eigenvalue weighted by Gasteiger charge is -2.09. The van der Waals surface area contributed by atoms with E-state index in [1.165, 1.54) is 0 Å². The maximum absolute atomic E-state index is 12.4. The lowest BCUT2D eigenvalue weighted by atomic mass is 10.0. The van der Waals surface area contributed by atoms with Crippen LogP contribution in [0.5, 0.6) is 0 Å². The Hall–Kier alpha value is -3.44. The van der Waals surface area contributed by atoms with E-state index in [9.17, 15) is 9.90 Å². The van der Waals surface area contributed by atoms with Crippen LogP contribution in [-0.4, -0.2) is 22.6 Å². The number of nitrogens with one attached hydrogen (secondary N) is 2. The van der Waals surface area contributed by atoms with Crippen molar-refractivity contribution in [3.05, 3.63) is 84.2 Å². The van der Waals surface area contributed by atoms with Gasteiger partial charge in [-0.2, -0.15) is 0 Å². The summed E-state index contributed by atoms with van der Waals surface area (Å²) in [4.78, 5) is 16.8. The van der Waals surface area contributed by atoms with Gasteiger partial charge in [0.25, 0.3) is 5.91 Å². The van der Waals surface area contributed by atoms with Crippen LogP contribution < -0.4 is 10.6 Å². The molecule has 27 heavy (non-hydrogen) atoms. The van der Waals surface area contributed by atoms with Crippen molar-refractivity contribution in [1.82, 2.24) is 4.98 Å². The van der Waals surface area contributed by atoms with Crippen LogP contribution in [0, 0.1) is 0 Å². The number of carbonyl (C=O) groups is 1. The fourth-order valence-electron chi connectivity index (χ4n) is 3.15. The number of aromatic nitrogens is 1. The van der Waals surface area contributed by atoms with Crippen molar-refractivity contribution < 1.29 is 9.90 Å². The molecule has 0 bridgehead atoms. The Kier molecular flexibility index (Phi) is 4.68. The van der Waals surface area contributed by atoms with Crippen molar-refractivity contribution in [3.8, 4) is 11.1 Å². The second kappa shape index (κ2) is 7.43. The monoisotopic (exact) mass is 357 g/mol. The Morgan fingerprint density at radius 2 is 1.81 bits per heavy atom. The average Bonchev–Trinajstić information content (AvgIpc) is 3.02. The summed E-state index contributed by atoms with van der Waals surface area (Å²) < 4.78 is 0. The minimum Gasteiger partial charge on any atom is -0.396 e. The van der Waals surface area contributed by atoms with E-state index in [4.69, 9.17) is 0 Å². The number of amides is 1. The first-order valence-corrected chi connectivity index (χ1v) is 8.79. The van der Waals surface area contributed by atoms with Gasteiger partial charge in [-0.05, 0) is 29.7 Å². The number of hydrogen-bond acceptors (Lipinski definition) is 4. The van der Waals surface area contributed by atoms with E-state index in [1.807, 2.05) is 60.7 Å². The summed E-state index contributed by atoms with van der Waals surface area (Å²) in [7, 11) is 0. The number of aliphatic hydroxyl groups excluding tert-OH is 1. The number of benzene rings is 2. The van der Waals surface area contributed by atoms with Gasteiger partial charge >= 0.3 is 0 Å². The third kappa shape index (κ3) is 3.45. The first kappa shape index (κ1) is 17.0. The van der Waals surface area contributed by atoms with Gasteiger partial charge in [0.2, 0.25) is 0 Å². The van der Waals surface area contributed by atoms with E-state index < -0.39 is 0 Å². The van der Waals surface area contributed by atoms with E-state index in [2.05, 4.69) is 15.6 Å². The maximum atomic E-state index is 12.4. The fraction of sp³-hybridized carbons (Fsp3) is 0.0909. The molecule has 0 unspecified atom stereocenters. The molecule has 0 atom stereocenters. The molecule has 0 spiro atoms. The summed E-state index contributed by atoms with van der Waals surface area (Å²) in [5, 5.41) is 15.2. The summed E-state index contributed by atoms with van der Waals surface area (Å²) in [5.74, 6) is 0.381. The lowest BCUT2D eigenvalue weighted by Crippen LogP contribution is -2.06. The van der Waals surface area contributed by atoms with Gasteiger partial charge in [-0.1, -0.05) is 48.5 Å². The van der Waals surface area contributed by atoms with Crippen LogP contribution in [0.1, 0.15) is 11.1 Å². The standard InChI is InChI=1S/C22H19N3O2/c26-11-10-16-8-4-5-9-20(16)23-14-19-18-12-17(15-6-2-1-3-7-15)13-24-21(18)25-22(19)27/h1-9,12-14,23,26H,10-11H2,(H,24,25,27)/b19-14+. The number of hydrogen-bond donors (Lipinski definition) is 3. The zero-order valence-corrected chi connectivity index (χ0v) is 14.6. The predicted octanol–water partition coefficient (Wildman–Crippen LogP) is 3.69. The number of pyridine rings is 1. The van der Waals surface area contributed by atoms with Gasteiger partial charge in [-0.25, -0.2) is 4.98 Å². The summed E-state index contributed by atoms with van der Waals surface area (Å²) in [5.41, 5.74) is 5.17. The summed E-state index contributed by atoms with van der Waals surface area (Å²) in [6.07, 6.45) is 4.02. The van der Waals surface area contributed by atoms with E-state index >= 15 is 0 Å². The minimum absolute atomic E-state index is 0.0724. The molecule has 2 heterocycles. The molecule has 0 radical (unpaired) electrons. The second-order valence-electron chi connectivity index (χ2n) is 6.27. The SMILES string of the molecule is O=C1Nc2ncc(-c3ccccc3)cc2/C1=C\Nc1ccccc1CCO. The van der Waals surface area contributed by atoms with Crippen molar-refractivity contribution in [1.29, 1.82) is 0 Å². The molecule has 5 nitrogen and oxygen atoms in total. The highest BCUT2D eigenvalue weighted by atomic mass is 16.3. The normalized spacial score (nSPS) is 14.1. The van der Waals surface area contributed by atoms with Crippen molar-refractivity contribution in [2.24, 2.45) is 0 Å². The molecule has 1 amide bonds. The Morgan fingerprint density at radius 1 is 1.04 bits per heavy atom. The quantitative estimate of drug-likeness (QED) is 0.609. The van der Waals surface area contributed by atoms with Crippen molar-refractivity contribution in [2.75, 3.05) is 17.2 Å². The molecule has 3 N–H and O–H groups in total. The summed E-state index contributed by atoms with van der Waals surface area (Å²) in [6.45, 7) is 0.0724. The molecule has 1 aliphatic rings. The molecule has 4 rings (SSSR count). The zero-order valence-electron chi connectivity index (χ0n) is 14.6.